The molecule has 3 aliphatic rings. The largest absolute Gasteiger partial charge is 0.378 e. The summed E-state index contributed by atoms with van der Waals surface area (Å²) in [5.74, 6) is 0.664. The maximum absolute atomic E-state index is 13.7. The lowest BCUT2D eigenvalue weighted by Crippen LogP contribution is -2.56. The molecule has 0 spiro atoms. The Morgan fingerprint density at radius 3 is 2.52 bits per heavy atom. The number of nitrogens with one attached hydrogen (secondary N) is 1. The van der Waals surface area contributed by atoms with E-state index in [9.17, 15) is 14.4 Å². The van der Waals surface area contributed by atoms with Crippen molar-refractivity contribution in [1.29, 1.82) is 0 Å². The summed E-state index contributed by atoms with van der Waals surface area (Å²) in [5.41, 5.74) is 3.20. The number of carbonyl (C=O) groups is 1. The minimum Gasteiger partial charge on any atom is -0.378 e. The lowest BCUT2D eigenvalue weighted by atomic mass is 10.0. The van der Waals surface area contributed by atoms with E-state index < -0.39 is 0 Å². The fraction of sp³-hybridized carbons (Fsp3) is 0.371. The van der Waals surface area contributed by atoms with E-state index in [1.807, 2.05) is 24.5 Å². The Morgan fingerprint density at radius 1 is 0.917 bits per heavy atom. The minimum absolute atomic E-state index is 0.137. The zero-order chi connectivity index (χ0) is 32.8. The van der Waals surface area contributed by atoms with Gasteiger partial charge in [0.25, 0.3) is 11.1 Å². The first kappa shape index (κ1) is 30.2. The van der Waals surface area contributed by atoms with Gasteiger partial charge in [-0.1, -0.05) is 6.42 Å². The van der Waals surface area contributed by atoms with Gasteiger partial charge < -0.3 is 24.1 Å². The Morgan fingerprint density at radius 2 is 1.77 bits per heavy atom. The summed E-state index contributed by atoms with van der Waals surface area (Å²) >= 11 is 0. The monoisotopic (exact) mass is 647 g/mol. The molecule has 3 aliphatic heterocycles. The summed E-state index contributed by atoms with van der Waals surface area (Å²) < 4.78 is 10.2. The standard InChI is InChI=1S/C35H37N9O4/c1-40-18-23(15-30(35(40)47)39-32-7-6-24(16-37-32)41-11-13-42(14-12-41)25-21-48-22-25)26-8-9-36-33(29(26)20-45)44-34(46)28-19-43-10-4-2-3-5-31(43)27(28)17-38-44/h6-9,15-20,25H,2-5,10-14,21-22H2,1H3,(H,37,39). The number of anilines is 3. The first-order chi connectivity index (χ1) is 23.5. The Kier molecular flexibility index (Phi) is 7.85. The summed E-state index contributed by atoms with van der Waals surface area (Å²) in [7, 11) is 1.66. The van der Waals surface area contributed by atoms with Crippen LogP contribution in [0.5, 0.6) is 0 Å². The van der Waals surface area contributed by atoms with Crippen molar-refractivity contribution >= 4 is 34.3 Å². The number of piperazine rings is 1. The summed E-state index contributed by atoms with van der Waals surface area (Å²) in [4.78, 5) is 53.4. The van der Waals surface area contributed by atoms with E-state index in [0.29, 0.717) is 40.3 Å². The topological polar surface area (TPSA) is 132 Å². The van der Waals surface area contributed by atoms with E-state index in [1.165, 1.54) is 9.25 Å². The van der Waals surface area contributed by atoms with Gasteiger partial charge in [-0.2, -0.15) is 9.78 Å². The maximum Gasteiger partial charge on any atom is 0.282 e. The Balaban J connectivity index is 1.08. The Labute approximate surface area is 276 Å². The summed E-state index contributed by atoms with van der Waals surface area (Å²) in [5, 5.41) is 9.06. The van der Waals surface area contributed by atoms with E-state index in [1.54, 1.807) is 37.8 Å². The lowest BCUT2D eigenvalue weighted by Gasteiger charge is -2.43. The van der Waals surface area contributed by atoms with Crippen LogP contribution in [0, 0.1) is 0 Å². The molecule has 246 valence electrons. The van der Waals surface area contributed by atoms with Gasteiger partial charge in [-0.25, -0.2) is 9.97 Å². The van der Waals surface area contributed by atoms with Crippen molar-refractivity contribution in [1.82, 2.24) is 33.8 Å². The third-order valence-corrected chi connectivity index (χ3v) is 9.88. The molecule has 2 fully saturated rings. The molecule has 48 heavy (non-hydrogen) atoms. The molecule has 0 radical (unpaired) electrons. The van der Waals surface area contributed by atoms with Gasteiger partial charge in [-0.15, -0.1) is 0 Å². The van der Waals surface area contributed by atoms with Gasteiger partial charge in [0.2, 0.25) is 0 Å². The molecule has 0 bridgehead atoms. The molecule has 1 N–H and O–H groups in total. The Bertz CT molecular complexity index is 2120. The fourth-order valence-electron chi connectivity index (χ4n) is 7.10. The molecule has 8 rings (SSSR count). The molecule has 0 aromatic carbocycles. The second-order valence-electron chi connectivity index (χ2n) is 12.8. The molecule has 5 aromatic rings. The van der Waals surface area contributed by atoms with Crippen molar-refractivity contribution in [3.05, 3.63) is 87.2 Å². The average molecular weight is 648 g/mol. The van der Waals surface area contributed by atoms with Crippen LogP contribution in [-0.4, -0.2) is 85.5 Å². The van der Waals surface area contributed by atoms with Crippen LogP contribution in [0.1, 0.15) is 35.3 Å². The molecule has 8 heterocycles. The molecule has 0 unspecified atom stereocenters. The van der Waals surface area contributed by atoms with E-state index in [2.05, 4.69) is 34.8 Å². The average Bonchev–Trinajstić information content (AvgIpc) is 3.27. The second kappa shape index (κ2) is 12.5. The number of rotatable bonds is 7. The third kappa shape index (κ3) is 5.38. The zero-order valence-corrected chi connectivity index (χ0v) is 26.8. The number of aryl methyl sites for hydroxylation is 3. The van der Waals surface area contributed by atoms with Gasteiger partial charge in [0, 0.05) is 75.0 Å². The number of nitrogens with zero attached hydrogens (tertiary/aromatic N) is 8. The SMILES string of the molecule is Cn1cc(-c2ccnc(-n3ncc4c5n(cc4c3=O)CCCCC5)c2C=O)cc(Nc2ccc(N3CCN(C4COC4)CC3)cn2)c1=O. The van der Waals surface area contributed by atoms with E-state index in [-0.39, 0.29) is 22.5 Å². The third-order valence-electron chi connectivity index (χ3n) is 9.88. The van der Waals surface area contributed by atoms with Crippen LogP contribution in [0.15, 0.2) is 64.8 Å². The van der Waals surface area contributed by atoms with Crippen molar-refractivity contribution in [2.24, 2.45) is 7.05 Å². The lowest BCUT2D eigenvalue weighted by molar-refractivity contribution is -0.0660. The molecule has 0 amide bonds. The van der Waals surface area contributed by atoms with Crippen LogP contribution >= 0.6 is 0 Å². The highest BCUT2D eigenvalue weighted by molar-refractivity contribution is 5.92. The van der Waals surface area contributed by atoms with E-state index >= 15 is 0 Å². The number of aromatic nitrogens is 6. The molecule has 13 heteroatoms. The highest BCUT2D eigenvalue weighted by atomic mass is 16.5. The molecule has 0 saturated carbocycles. The van der Waals surface area contributed by atoms with Crippen LogP contribution in [0.2, 0.25) is 0 Å². The number of aldehydes is 1. The van der Waals surface area contributed by atoms with Gasteiger partial charge >= 0.3 is 0 Å². The number of carbonyl (C=O) groups excluding carboxylic acids is 1. The van der Waals surface area contributed by atoms with Gasteiger partial charge in [0.1, 0.15) is 11.5 Å². The number of fused-ring (bicyclic) bond motifs is 3. The van der Waals surface area contributed by atoms with Crippen LogP contribution in [0.25, 0.3) is 27.7 Å². The van der Waals surface area contributed by atoms with Gasteiger partial charge in [-0.05, 0) is 49.1 Å². The zero-order valence-electron chi connectivity index (χ0n) is 26.8. The van der Waals surface area contributed by atoms with Gasteiger partial charge in [0.05, 0.1) is 48.3 Å². The summed E-state index contributed by atoms with van der Waals surface area (Å²) in [6.07, 6.45) is 13.5. The first-order valence-electron chi connectivity index (χ1n) is 16.5. The number of ether oxygens (including phenoxy) is 1. The number of pyridine rings is 3. The first-order valence-corrected chi connectivity index (χ1v) is 16.5. The van der Waals surface area contributed by atoms with Gasteiger partial charge in [0.15, 0.2) is 12.1 Å². The van der Waals surface area contributed by atoms with Crippen molar-refractivity contribution in [3.8, 4) is 16.9 Å². The predicted molar refractivity (Wildman–Crippen MR) is 183 cm³/mol. The van der Waals surface area contributed by atoms with Crippen LogP contribution in [-0.2, 0) is 24.8 Å². The molecular formula is C35H37N9O4. The van der Waals surface area contributed by atoms with Crippen molar-refractivity contribution in [2.75, 3.05) is 49.6 Å². The van der Waals surface area contributed by atoms with Gasteiger partial charge in [-0.3, -0.25) is 19.3 Å². The van der Waals surface area contributed by atoms with Crippen molar-refractivity contribution in [2.45, 2.75) is 38.3 Å². The highest BCUT2D eigenvalue weighted by Crippen LogP contribution is 2.29. The van der Waals surface area contributed by atoms with Crippen LogP contribution in [0.3, 0.4) is 0 Å². The van der Waals surface area contributed by atoms with E-state index in [4.69, 9.17) is 4.74 Å². The molecule has 0 aliphatic carbocycles. The molecular weight excluding hydrogens is 610 g/mol. The fourth-order valence-corrected chi connectivity index (χ4v) is 7.10. The minimum atomic E-state index is -0.326. The van der Waals surface area contributed by atoms with E-state index in [0.717, 1.165) is 88.4 Å². The van der Waals surface area contributed by atoms with Crippen LogP contribution < -0.4 is 21.3 Å². The number of hydrogen-bond donors (Lipinski definition) is 1. The molecule has 5 aromatic heterocycles. The highest BCUT2D eigenvalue weighted by Gasteiger charge is 2.29. The summed E-state index contributed by atoms with van der Waals surface area (Å²) in [6.45, 7) is 6.34. The van der Waals surface area contributed by atoms with Crippen molar-refractivity contribution in [3.63, 3.8) is 0 Å². The molecule has 13 nitrogen and oxygen atoms in total. The smallest absolute Gasteiger partial charge is 0.282 e. The molecule has 0 atom stereocenters. The Hall–Kier alpha value is -5.14. The quantitative estimate of drug-likeness (QED) is 0.263. The van der Waals surface area contributed by atoms with Crippen LogP contribution in [0.4, 0.5) is 17.2 Å². The maximum atomic E-state index is 13.7. The molecule has 2 saturated heterocycles. The normalized spacial score (nSPS) is 17.1. The summed E-state index contributed by atoms with van der Waals surface area (Å²) in [6, 6.07) is 7.81. The number of hydrogen-bond acceptors (Lipinski definition) is 10. The van der Waals surface area contributed by atoms with Crippen molar-refractivity contribution < 1.29 is 9.53 Å². The predicted octanol–water partition coefficient (Wildman–Crippen LogP) is 3.15. The second-order valence-corrected chi connectivity index (χ2v) is 12.8.